The SMILES string of the molecule is Cc1ccc(C)c(Nc2ncc(C(=O)NCCc3ccccc3F)cn2)c1. The number of nitrogens with one attached hydrogen (secondary N) is 2. The molecular formula is C21H21FN4O. The van der Waals surface area contributed by atoms with Crippen molar-refractivity contribution >= 4 is 17.5 Å². The van der Waals surface area contributed by atoms with E-state index in [-0.39, 0.29) is 11.7 Å². The van der Waals surface area contributed by atoms with Crippen molar-refractivity contribution in [2.45, 2.75) is 20.3 Å². The molecule has 1 amide bonds. The molecule has 0 saturated carbocycles. The molecule has 0 fully saturated rings. The summed E-state index contributed by atoms with van der Waals surface area (Å²) >= 11 is 0. The lowest BCUT2D eigenvalue weighted by Crippen LogP contribution is -2.26. The molecule has 138 valence electrons. The summed E-state index contributed by atoms with van der Waals surface area (Å²) in [6.07, 6.45) is 3.36. The molecule has 0 bridgehead atoms. The Morgan fingerprint density at radius 1 is 1.07 bits per heavy atom. The Kier molecular flexibility index (Phi) is 5.76. The minimum atomic E-state index is -0.287. The zero-order chi connectivity index (χ0) is 19.2. The lowest BCUT2D eigenvalue weighted by Gasteiger charge is -2.09. The average molecular weight is 364 g/mol. The van der Waals surface area contributed by atoms with Crippen molar-refractivity contribution in [3.8, 4) is 0 Å². The fourth-order valence-corrected chi connectivity index (χ4v) is 2.61. The van der Waals surface area contributed by atoms with Crippen molar-refractivity contribution in [1.82, 2.24) is 15.3 Å². The van der Waals surface area contributed by atoms with Gasteiger partial charge in [-0.2, -0.15) is 0 Å². The Hall–Kier alpha value is -3.28. The summed E-state index contributed by atoms with van der Waals surface area (Å²) in [5.41, 5.74) is 4.07. The van der Waals surface area contributed by atoms with Gasteiger partial charge in [-0.05, 0) is 49.1 Å². The standard InChI is InChI=1S/C21H21FN4O/c1-14-7-8-15(2)19(11-14)26-21-24-12-17(13-25-21)20(27)23-10-9-16-5-3-4-6-18(16)22/h3-8,11-13H,9-10H2,1-2H3,(H,23,27)(H,24,25,26). The van der Waals surface area contributed by atoms with Gasteiger partial charge in [-0.1, -0.05) is 30.3 Å². The van der Waals surface area contributed by atoms with Gasteiger partial charge in [0.05, 0.1) is 5.56 Å². The monoisotopic (exact) mass is 364 g/mol. The van der Waals surface area contributed by atoms with Gasteiger partial charge in [-0.25, -0.2) is 14.4 Å². The lowest BCUT2D eigenvalue weighted by molar-refractivity contribution is 0.0953. The first-order chi connectivity index (χ1) is 13.0. The van der Waals surface area contributed by atoms with E-state index in [4.69, 9.17) is 0 Å². The normalized spacial score (nSPS) is 10.5. The summed E-state index contributed by atoms with van der Waals surface area (Å²) < 4.78 is 13.6. The molecule has 3 rings (SSSR count). The molecule has 3 aromatic rings. The van der Waals surface area contributed by atoms with E-state index in [1.165, 1.54) is 18.5 Å². The van der Waals surface area contributed by atoms with Crippen LogP contribution in [0.15, 0.2) is 54.9 Å². The van der Waals surface area contributed by atoms with Gasteiger partial charge in [0, 0.05) is 24.6 Å². The number of carbonyl (C=O) groups excluding carboxylic acids is 1. The molecular weight excluding hydrogens is 343 g/mol. The Morgan fingerprint density at radius 2 is 1.81 bits per heavy atom. The second-order valence-electron chi connectivity index (χ2n) is 6.34. The number of rotatable bonds is 6. The molecule has 1 heterocycles. The molecule has 1 aromatic heterocycles. The van der Waals surface area contributed by atoms with Crippen LogP contribution in [0.2, 0.25) is 0 Å². The third kappa shape index (κ3) is 4.88. The van der Waals surface area contributed by atoms with Gasteiger partial charge in [0.1, 0.15) is 5.82 Å². The maximum Gasteiger partial charge on any atom is 0.254 e. The Balaban J connectivity index is 1.57. The second kappa shape index (κ2) is 8.40. The average Bonchev–Trinajstić information content (AvgIpc) is 2.67. The smallest absolute Gasteiger partial charge is 0.254 e. The summed E-state index contributed by atoms with van der Waals surface area (Å²) in [6, 6.07) is 12.6. The van der Waals surface area contributed by atoms with E-state index in [1.54, 1.807) is 18.2 Å². The molecule has 0 saturated heterocycles. The fraction of sp³-hybridized carbons (Fsp3) is 0.190. The molecule has 0 atom stereocenters. The minimum Gasteiger partial charge on any atom is -0.352 e. The number of anilines is 2. The maximum atomic E-state index is 13.6. The Morgan fingerprint density at radius 3 is 2.56 bits per heavy atom. The molecule has 0 aliphatic rings. The molecule has 2 N–H and O–H groups in total. The summed E-state index contributed by atoms with van der Waals surface area (Å²) in [7, 11) is 0. The summed E-state index contributed by atoms with van der Waals surface area (Å²) in [5.74, 6) is -0.131. The number of aryl methyl sites for hydroxylation is 2. The van der Waals surface area contributed by atoms with Crippen molar-refractivity contribution in [2.75, 3.05) is 11.9 Å². The highest BCUT2D eigenvalue weighted by atomic mass is 19.1. The van der Waals surface area contributed by atoms with Crippen LogP contribution in [0, 0.1) is 19.7 Å². The predicted octanol–water partition coefficient (Wildman–Crippen LogP) is 3.95. The molecule has 0 aliphatic carbocycles. The molecule has 0 radical (unpaired) electrons. The molecule has 0 spiro atoms. The quantitative estimate of drug-likeness (QED) is 0.695. The van der Waals surface area contributed by atoms with E-state index in [0.717, 1.165) is 16.8 Å². The van der Waals surface area contributed by atoms with Crippen LogP contribution in [0.5, 0.6) is 0 Å². The highest BCUT2D eigenvalue weighted by Crippen LogP contribution is 2.19. The Bertz CT molecular complexity index is 941. The largest absolute Gasteiger partial charge is 0.352 e. The van der Waals surface area contributed by atoms with Crippen LogP contribution in [0.1, 0.15) is 27.0 Å². The van der Waals surface area contributed by atoms with Gasteiger partial charge in [0.15, 0.2) is 0 Å². The first kappa shape index (κ1) is 18.5. The van der Waals surface area contributed by atoms with E-state index in [0.29, 0.717) is 30.0 Å². The first-order valence-electron chi connectivity index (χ1n) is 8.71. The fourth-order valence-electron chi connectivity index (χ4n) is 2.61. The molecule has 0 aliphatic heterocycles. The van der Waals surface area contributed by atoms with Crippen LogP contribution in [-0.2, 0) is 6.42 Å². The van der Waals surface area contributed by atoms with Gasteiger partial charge in [-0.3, -0.25) is 4.79 Å². The first-order valence-corrected chi connectivity index (χ1v) is 8.71. The second-order valence-corrected chi connectivity index (χ2v) is 6.34. The van der Waals surface area contributed by atoms with Gasteiger partial charge in [-0.15, -0.1) is 0 Å². The number of benzene rings is 2. The molecule has 27 heavy (non-hydrogen) atoms. The van der Waals surface area contributed by atoms with E-state index >= 15 is 0 Å². The number of amides is 1. The van der Waals surface area contributed by atoms with Crippen molar-refractivity contribution in [2.24, 2.45) is 0 Å². The molecule has 0 unspecified atom stereocenters. The van der Waals surface area contributed by atoms with E-state index in [9.17, 15) is 9.18 Å². The van der Waals surface area contributed by atoms with Gasteiger partial charge >= 0.3 is 0 Å². The van der Waals surface area contributed by atoms with Crippen LogP contribution >= 0.6 is 0 Å². The number of nitrogens with zero attached hydrogens (tertiary/aromatic N) is 2. The minimum absolute atomic E-state index is 0.267. The zero-order valence-corrected chi connectivity index (χ0v) is 15.3. The molecule has 6 heteroatoms. The summed E-state index contributed by atoms with van der Waals surface area (Å²) in [4.78, 5) is 20.6. The molecule has 2 aromatic carbocycles. The van der Waals surface area contributed by atoms with E-state index in [2.05, 4.69) is 20.6 Å². The van der Waals surface area contributed by atoms with Crippen LogP contribution in [0.25, 0.3) is 0 Å². The maximum absolute atomic E-state index is 13.6. The number of aromatic nitrogens is 2. The number of hydrogen-bond donors (Lipinski definition) is 2. The van der Waals surface area contributed by atoms with Crippen LogP contribution in [-0.4, -0.2) is 22.4 Å². The van der Waals surface area contributed by atoms with E-state index < -0.39 is 0 Å². The van der Waals surface area contributed by atoms with Gasteiger partial charge < -0.3 is 10.6 Å². The predicted molar refractivity (Wildman–Crippen MR) is 104 cm³/mol. The van der Waals surface area contributed by atoms with Crippen molar-refractivity contribution < 1.29 is 9.18 Å². The molecule has 5 nitrogen and oxygen atoms in total. The zero-order valence-electron chi connectivity index (χ0n) is 15.3. The van der Waals surface area contributed by atoms with Crippen LogP contribution < -0.4 is 10.6 Å². The highest BCUT2D eigenvalue weighted by Gasteiger charge is 2.08. The van der Waals surface area contributed by atoms with Crippen LogP contribution in [0.3, 0.4) is 0 Å². The number of carbonyl (C=O) groups is 1. The van der Waals surface area contributed by atoms with Crippen molar-refractivity contribution in [3.63, 3.8) is 0 Å². The number of halogens is 1. The van der Waals surface area contributed by atoms with Gasteiger partial charge in [0.25, 0.3) is 5.91 Å². The highest BCUT2D eigenvalue weighted by molar-refractivity contribution is 5.93. The summed E-state index contributed by atoms with van der Waals surface area (Å²) in [5, 5.41) is 5.91. The van der Waals surface area contributed by atoms with Crippen molar-refractivity contribution in [1.29, 1.82) is 0 Å². The van der Waals surface area contributed by atoms with Gasteiger partial charge in [0.2, 0.25) is 5.95 Å². The third-order valence-corrected chi connectivity index (χ3v) is 4.19. The van der Waals surface area contributed by atoms with E-state index in [1.807, 2.05) is 32.0 Å². The third-order valence-electron chi connectivity index (χ3n) is 4.19. The Labute approximate surface area is 157 Å². The number of hydrogen-bond acceptors (Lipinski definition) is 4. The topological polar surface area (TPSA) is 66.9 Å². The summed E-state index contributed by atoms with van der Waals surface area (Å²) in [6.45, 7) is 4.35. The van der Waals surface area contributed by atoms with Crippen LogP contribution in [0.4, 0.5) is 16.0 Å². The van der Waals surface area contributed by atoms with Crippen molar-refractivity contribution in [3.05, 3.63) is 82.9 Å². The lowest BCUT2D eigenvalue weighted by atomic mass is 10.1.